The molecule has 0 N–H and O–H groups in total. The van der Waals surface area contributed by atoms with E-state index in [1.807, 2.05) is 31.3 Å². The van der Waals surface area contributed by atoms with Crippen molar-refractivity contribution in [2.75, 3.05) is 39.7 Å². The van der Waals surface area contributed by atoms with Crippen molar-refractivity contribution < 1.29 is 22.6 Å². The fourth-order valence-electron chi connectivity index (χ4n) is 3.70. The fourth-order valence-corrected chi connectivity index (χ4v) is 5.56. The molecule has 1 aliphatic heterocycles. The van der Waals surface area contributed by atoms with E-state index < -0.39 is 9.84 Å². The molecule has 2 heterocycles. The maximum atomic E-state index is 12.8. The van der Waals surface area contributed by atoms with Crippen LogP contribution >= 0.6 is 0 Å². The van der Waals surface area contributed by atoms with Gasteiger partial charge in [0.2, 0.25) is 15.0 Å². The Bertz CT molecular complexity index is 971. The normalized spacial score (nSPS) is 18.7. The van der Waals surface area contributed by atoms with Gasteiger partial charge in [0, 0.05) is 26.7 Å². The van der Waals surface area contributed by atoms with Crippen molar-refractivity contribution in [1.82, 2.24) is 14.5 Å². The molecule has 9 heteroatoms. The second-order valence-electron chi connectivity index (χ2n) is 8.10. The van der Waals surface area contributed by atoms with E-state index in [-0.39, 0.29) is 22.9 Å². The number of ether oxygens (including phenoxy) is 3. The number of para-hydroxylation sites is 2. The van der Waals surface area contributed by atoms with Crippen LogP contribution in [0.1, 0.15) is 18.5 Å². The molecule has 1 atom stereocenters. The highest BCUT2D eigenvalue weighted by Gasteiger charge is 2.32. The molecule has 0 unspecified atom stereocenters. The lowest BCUT2D eigenvalue weighted by atomic mass is 10.2. The maximum absolute atomic E-state index is 12.8. The highest BCUT2D eigenvalue weighted by Crippen LogP contribution is 2.33. The minimum absolute atomic E-state index is 0.0988. The van der Waals surface area contributed by atoms with Crippen molar-refractivity contribution >= 4 is 9.84 Å². The van der Waals surface area contributed by atoms with Gasteiger partial charge >= 0.3 is 0 Å². The van der Waals surface area contributed by atoms with Crippen LogP contribution in [0.4, 0.5) is 0 Å². The van der Waals surface area contributed by atoms with E-state index in [4.69, 9.17) is 14.2 Å². The lowest BCUT2D eigenvalue weighted by molar-refractivity contribution is 0.0631. The van der Waals surface area contributed by atoms with E-state index in [2.05, 4.69) is 9.88 Å². The van der Waals surface area contributed by atoms with Crippen LogP contribution in [0.15, 0.2) is 35.6 Å². The van der Waals surface area contributed by atoms with E-state index >= 15 is 0 Å². The van der Waals surface area contributed by atoms with Crippen molar-refractivity contribution in [2.24, 2.45) is 5.92 Å². The van der Waals surface area contributed by atoms with E-state index in [9.17, 15) is 8.42 Å². The predicted octanol–water partition coefficient (Wildman–Crippen LogP) is 1.98. The summed E-state index contributed by atoms with van der Waals surface area (Å²) < 4.78 is 44.5. The lowest BCUT2D eigenvalue weighted by Crippen LogP contribution is -2.39. The van der Waals surface area contributed by atoms with E-state index in [1.165, 1.54) is 0 Å². The molecule has 30 heavy (non-hydrogen) atoms. The first kappa shape index (κ1) is 21.1. The quantitative estimate of drug-likeness (QED) is 0.564. The summed E-state index contributed by atoms with van der Waals surface area (Å²) in [6.07, 6.45) is 3.54. The smallest absolute Gasteiger partial charge is 0.227 e. The Balaban J connectivity index is 1.44. The van der Waals surface area contributed by atoms with Crippen LogP contribution in [0.5, 0.6) is 11.5 Å². The number of benzene rings is 1. The Morgan fingerprint density at radius 3 is 2.77 bits per heavy atom. The van der Waals surface area contributed by atoms with Crippen molar-refractivity contribution in [3.63, 3.8) is 0 Å². The first-order chi connectivity index (χ1) is 14.5. The Morgan fingerprint density at radius 1 is 1.27 bits per heavy atom. The molecule has 1 aliphatic carbocycles. The van der Waals surface area contributed by atoms with Crippen molar-refractivity contribution in [1.29, 1.82) is 0 Å². The number of hydrogen-bond donors (Lipinski definition) is 0. The van der Waals surface area contributed by atoms with Gasteiger partial charge in [0.1, 0.15) is 12.7 Å². The number of methoxy groups -OCH3 is 1. The Morgan fingerprint density at radius 2 is 2.03 bits per heavy atom. The zero-order valence-corrected chi connectivity index (χ0v) is 18.3. The van der Waals surface area contributed by atoms with Crippen LogP contribution in [-0.4, -0.2) is 68.6 Å². The van der Waals surface area contributed by atoms with E-state index in [0.717, 1.165) is 30.0 Å². The molecule has 4 rings (SSSR count). The maximum Gasteiger partial charge on any atom is 0.227 e. The van der Waals surface area contributed by atoms with Crippen LogP contribution in [0.3, 0.4) is 0 Å². The number of rotatable bonds is 10. The van der Waals surface area contributed by atoms with Gasteiger partial charge in [-0.05, 0) is 37.9 Å². The van der Waals surface area contributed by atoms with Crippen LogP contribution in [-0.2, 0) is 27.7 Å². The zero-order valence-electron chi connectivity index (χ0n) is 17.5. The average molecular weight is 436 g/mol. The van der Waals surface area contributed by atoms with Crippen LogP contribution in [0, 0.1) is 5.92 Å². The zero-order chi connectivity index (χ0) is 21.1. The third-order valence-electron chi connectivity index (χ3n) is 5.37. The molecule has 0 bridgehead atoms. The summed E-state index contributed by atoms with van der Waals surface area (Å²) >= 11 is 0. The van der Waals surface area contributed by atoms with Gasteiger partial charge < -0.3 is 18.8 Å². The molecule has 0 saturated heterocycles. The topological polar surface area (TPSA) is 82.9 Å². The molecule has 1 aromatic carbocycles. The first-order valence-corrected chi connectivity index (χ1v) is 11.9. The van der Waals surface area contributed by atoms with Crippen LogP contribution in [0.25, 0.3) is 0 Å². The summed E-state index contributed by atoms with van der Waals surface area (Å²) in [6.45, 7) is 2.56. The third-order valence-corrected chi connectivity index (χ3v) is 7.16. The third kappa shape index (κ3) is 4.96. The second kappa shape index (κ2) is 8.95. The minimum Gasteiger partial charge on any atom is -0.486 e. The predicted molar refractivity (Wildman–Crippen MR) is 112 cm³/mol. The number of imidazole rings is 1. The van der Waals surface area contributed by atoms with Gasteiger partial charge in [0.15, 0.2) is 11.5 Å². The van der Waals surface area contributed by atoms with Crippen molar-refractivity contribution in [2.45, 2.75) is 37.2 Å². The van der Waals surface area contributed by atoms with Gasteiger partial charge in [-0.25, -0.2) is 13.4 Å². The summed E-state index contributed by atoms with van der Waals surface area (Å²) in [5.41, 5.74) is 0.848. The number of fused-ring (bicyclic) bond motifs is 1. The Hall–Kier alpha value is -2.10. The molecule has 0 spiro atoms. The van der Waals surface area contributed by atoms with Crippen molar-refractivity contribution in [3.05, 3.63) is 36.2 Å². The molecule has 2 aromatic rings. The van der Waals surface area contributed by atoms with Gasteiger partial charge in [0.25, 0.3) is 0 Å². The Labute approximate surface area is 177 Å². The van der Waals surface area contributed by atoms with E-state index in [0.29, 0.717) is 32.8 Å². The SMILES string of the molecule is COCCn1c(CN(C)C[C@H]2COc3ccccc3O2)cnc1S(=O)(=O)CC1CC1. The molecular formula is C21H29N3O5S. The molecule has 164 valence electrons. The monoisotopic (exact) mass is 435 g/mol. The van der Waals surface area contributed by atoms with Gasteiger partial charge in [-0.2, -0.15) is 0 Å². The summed E-state index contributed by atoms with van der Waals surface area (Å²) in [5, 5.41) is 0.154. The molecular weight excluding hydrogens is 406 g/mol. The molecule has 0 radical (unpaired) electrons. The van der Waals surface area contributed by atoms with Crippen LogP contribution in [0.2, 0.25) is 0 Å². The number of aromatic nitrogens is 2. The summed E-state index contributed by atoms with van der Waals surface area (Å²) in [7, 11) is 0.192. The molecule has 2 aliphatic rings. The molecule has 1 fully saturated rings. The fraction of sp³-hybridized carbons (Fsp3) is 0.571. The first-order valence-electron chi connectivity index (χ1n) is 10.3. The standard InChI is InChI=1S/C21H29N3O5S/c1-23(13-18-14-28-19-5-3-4-6-20(19)29-18)12-17-11-22-21(24(17)9-10-27-2)30(25,26)15-16-7-8-16/h3-6,11,16,18H,7-10,12-15H2,1-2H3/t18-/m0/s1. The highest BCUT2D eigenvalue weighted by molar-refractivity contribution is 7.91. The largest absolute Gasteiger partial charge is 0.486 e. The average Bonchev–Trinajstić information content (AvgIpc) is 3.43. The van der Waals surface area contributed by atoms with Gasteiger partial charge in [-0.1, -0.05) is 12.1 Å². The van der Waals surface area contributed by atoms with Gasteiger partial charge in [0.05, 0.1) is 24.3 Å². The van der Waals surface area contributed by atoms with Gasteiger partial charge in [-0.3, -0.25) is 4.90 Å². The highest BCUT2D eigenvalue weighted by atomic mass is 32.2. The summed E-state index contributed by atoms with van der Waals surface area (Å²) in [5.74, 6) is 1.97. The van der Waals surface area contributed by atoms with E-state index in [1.54, 1.807) is 17.9 Å². The molecule has 1 saturated carbocycles. The van der Waals surface area contributed by atoms with Crippen molar-refractivity contribution in [3.8, 4) is 11.5 Å². The summed E-state index contributed by atoms with van der Waals surface area (Å²) in [6, 6.07) is 7.64. The number of nitrogens with zero attached hydrogens (tertiary/aromatic N) is 3. The molecule has 1 aromatic heterocycles. The van der Waals surface area contributed by atoms with Crippen LogP contribution < -0.4 is 9.47 Å². The van der Waals surface area contributed by atoms with Gasteiger partial charge in [-0.15, -0.1) is 0 Å². The molecule has 0 amide bonds. The molecule has 8 nitrogen and oxygen atoms in total. The summed E-state index contributed by atoms with van der Waals surface area (Å²) in [4.78, 5) is 6.38. The second-order valence-corrected chi connectivity index (χ2v) is 10.0. The number of likely N-dealkylation sites (N-methyl/N-ethyl adjacent to an activating group) is 1. The number of sulfone groups is 1. The number of hydrogen-bond acceptors (Lipinski definition) is 7. The lowest BCUT2D eigenvalue weighted by Gasteiger charge is -2.29. The Kier molecular flexibility index (Phi) is 6.31. The minimum atomic E-state index is -3.40.